The van der Waals surface area contributed by atoms with E-state index in [1.165, 1.54) is 6.42 Å². The average molecular weight is 262 g/mol. The number of nitrogens with zero attached hydrogens (tertiary/aromatic N) is 2. The van der Waals surface area contributed by atoms with Crippen molar-refractivity contribution < 1.29 is 9.90 Å². The number of aryl methyl sites for hydroxylation is 1. The summed E-state index contributed by atoms with van der Waals surface area (Å²) in [7, 11) is 0. The first-order valence-corrected chi connectivity index (χ1v) is 6.91. The molecule has 2 heterocycles. The Morgan fingerprint density at radius 2 is 2.05 bits per heavy atom. The fraction of sp³-hybridized carbons (Fsp3) is 0.600. The average Bonchev–Trinajstić information content (AvgIpc) is 2.39. The third kappa shape index (κ3) is 2.88. The molecule has 0 saturated carbocycles. The first-order valence-electron chi connectivity index (χ1n) is 6.91. The number of pyridine rings is 1. The summed E-state index contributed by atoms with van der Waals surface area (Å²) in [6.07, 6.45) is 3.37. The molecule has 1 N–H and O–H groups in total. The van der Waals surface area contributed by atoms with Crippen molar-refractivity contribution in [2.75, 3.05) is 18.0 Å². The zero-order chi connectivity index (χ0) is 14.0. The lowest BCUT2D eigenvalue weighted by atomic mass is 9.78. The van der Waals surface area contributed by atoms with Crippen molar-refractivity contribution in [3.8, 4) is 0 Å². The monoisotopic (exact) mass is 262 g/mol. The normalized spacial score (nSPS) is 18.4. The Kier molecular flexibility index (Phi) is 3.78. The van der Waals surface area contributed by atoms with Crippen molar-refractivity contribution in [3.05, 3.63) is 23.4 Å². The van der Waals surface area contributed by atoms with Crippen LogP contribution in [-0.4, -0.2) is 29.1 Å². The molecule has 0 radical (unpaired) electrons. The van der Waals surface area contributed by atoms with Crippen LogP contribution < -0.4 is 4.90 Å². The summed E-state index contributed by atoms with van der Waals surface area (Å²) in [5.74, 6) is -0.267. The van der Waals surface area contributed by atoms with E-state index in [4.69, 9.17) is 0 Å². The van der Waals surface area contributed by atoms with E-state index in [1.807, 2.05) is 6.92 Å². The summed E-state index contributed by atoms with van der Waals surface area (Å²) in [6.45, 7) is 8.22. The molecule has 1 aliphatic heterocycles. The molecule has 19 heavy (non-hydrogen) atoms. The zero-order valence-electron chi connectivity index (χ0n) is 11.9. The molecule has 1 aromatic rings. The lowest BCUT2D eigenvalue weighted by molar-refractivity contribution is 0.0697. The molecule has 0 bridgehead atoms. The minimum absolute atomic E-state index is 0.311. The summed E-state index contributed by atoms with van der Waals surface area (Å²) in [5, 5.41) is 9.27. The predicted octanol–water partition coefficient (Wildman–Crippen LogP) is 3.10. The summed E-state index contributed by atoms with van der Waals surface area (Å²) in [5.41, 5.74) is 1.57. The highest BCUT2D eigenvalue weighted by Crippen LogP contribution is 2.35. The smallest absolute Gasteiger partial charge is 0.339 e. The lowest BCUT2D eigenvalue weighted by Gasteiger charge is -2.39. The van der Waals surface area contributed by atoms with E-state index in [0.29, 0.717) is 16.8 Å². The Balaban J connectivity index is 2.24. The third-order valence-electron chi connectivity index (χ3n) is 4.37. The summed E-state index contributed by atoms with van der Waals surface area (Å²) in [6, 6.07) is 3.42. The van der Waals surface area contributed by atoms with Crippen LogP contribution in [-0.2, 0) is 0 Å². The molecule has 0 aliphatic carbocycles. The van der Waals surface area contributed by atoms with Gasteiger partial charge in [0.25, 0.3) is 0 Å². The maximum atomic E-state index is 11.3. The molecule has 4 nitrogen and oxygen atoms in total. The van der Waals surface area contributed by atoms with E-state index in [2.05, 4.69) is 23.7 Å². The van der Waals surface area contributed by atoms with Crippen molar-refractivity contribution in [2.45, 2.75) is 40.0 Å². The molecule has 0 unspecified atom stereocenters. The maximum absolute atomic E-state index is 11.3. The minimum atomic E-state index is -0.897. The Bertz CT molecular complexity index is 477. The number of anilines is 1. The van der Waals surface area contributed by atoms with Crippen LogP contribution in [0.5, 0.6) is 0 Å². The number of carboxylic acids is 1. The van der Waals surface area contributed by atoms with Gasteiger partial charge in [0.2, 0.25) is 0 Å². The van der Waals surface area contributed by atoms with E-state index in [1.54, 1.807) is 12.1 Å². The highest BCUT2D eigenvalue weighted by molar-refractivity contribution is 5.93. The summed E-state index contributed by atoms with van der Waals surface area (Å²) in [4.78, 5) is 17.8. The lowest BCUT2D eigenvalue weighted by Crippen LogP contribution is -2.39. The van der Waals surface area contributed by atoms with E-state index >= 15 is 0 Å². The molecule has 2 rings (SSSR count). The molecule has 4 heteroatoms. The van der Waals surface area contributed by atoms with Gasteiger partial charge < -0.3 is 10.0 Å². The fourth-order valence-electron chi connectivity index (χ4n) is 2.56. The number of hydrogen-bond donors (Lipinski definition) is 1. The van der Waals surface area contributed by atoms with Crippen LogP contribution in [0.3, 0.4) is 0 Å². The van der Waals surface area contributed by atoms with Gasteiger partial charge in [0.05, 0.1) is 0 Å². The topological polar surface area (TPSA) is 53.4 Å². The van der Waals surface area contributed by atoms with Gasteiger partial charge in [-0.1, -0.05) is 20.3 Å². The summed E-state index contributed by atoms with van der Waals surface area (Å²) < 4.78 is 0. The number of aromatic carboxylic acids is 1. The SMILES string of the molecule is CCC1(C)CCN(c2nc(C)ccc2C(=O)O)CC1. The van der Waals surface area contributed by atoms with Crippen molar-refractivity contribution in [2.24, 2.45) is 5.41 Å². The molecule has 1 fully saturated rings. The third-order valence-corrected chi connectivity index (χ3v) is 4.37. The van der Waals surface area contributed by atoms with Crippen LogP contribution in [0.1, 0.15) is 49.2 Å². The second-order valence-corrected chi connectivity index (χ2v) is 5.78. The molecule has 0 aromatic carbocycles. The van der Waals surface area contributed by atoms with Crippen LogP contribution in [0.15, 0.2) is 12.1 Å². The molecule has 1 aromatic heterocycles. The van der Waals surface area contributed by atoms with Crippen molar-refractivity contribution in [1.29, 1.82) is 0 Å². The second kappa shape index (κ2) is 5.19. The van der Waals surface area contributed by atoms with Crippen molar-refractivity contribution in [3.63, 3.8) is 0 Å². The van der Waals surface area contributed by atoms with E-state index < -0.39 is 5.97 Å². The number of piperidine rings is 1. The van der Waals surface area contributed by atoms with Crippen LogP contribution >= 0.6 is 0 Å². The molecule has 0 spiro atoms. The van der Waals surface area contributed by atoms with Crippen molar-refractivity contribution in [1.82, 2.24) is 4.98 Å². The Hall–Kier alpha value is -1.58. The standard InChI is InChI=1S/C15H22N2O2/c1-4-15(3)7-9-17(10-8-15)13-12(14(18)19)6-5-11(2)16-13/h5-6H,4,7-10H2,1-3H3,(H,18,19). The molecule has 0 atom stereocenters. The molecule has 1 aliphatic rings. The van der Waals surface area contributed by atoms with Gasteiger partial charge in [-0.05, 0) is 37.3 Å². The van der Waals surface area contributed by atoms with E-state index in [-0.39, 0.29) is 0 Å². The highest BCUT2D eigenvalue weighted by Gasteiger charge is 2.30. The van der Waals surface area contributed by atoms with Gasteiger partial charge in [-0.25, -0.2) is 9.78 Å². The van der Waals surface area contributed by atoms with Gasteiger partial charge in [-0.3, -0.25) is 0 Å². The quantitative estimate of drug-likeness (QED) is 0.909. The number of hydrogen-bond acceptors (Lipinski definition) is 3. The highest BCUT2D eigenvalue weighted by atomic mass is 16.4. The second-order valence-electron chi connectivity index (χ2n) is 5.78. The fourth-order valence-corrected chi connectivity index (χ4v) is 2.56. The summed E-state index contributed by atoms with van der Waals surface area (Å²) >= 11 is 0. The molecule has 104 valence electrons. The molecule has 0 amide bonds. The van der Waals surface area contributed by atoms with Gasteiger partial charge >= 0.3 is 5.97 Å². The van der Waals surface area contributed by atoms with Crippen LogP contribution in [0.4, 0.5) is 5.82 Å². The van der Waals surface area contributed by atoms with Gasteiger partial charge in [0.1, 0.15) is 11.4 Å². The number of carbonyl (C=O) groups is 1. The first kappa shape index (κ1) is 13.8. The van der Waals surface area contributed by atoms with Crippen LogP contribution in [0.2, 0.25) is 0 Å². The Morgan fingerprint density at radius 3 is 2.58 bits per heavy atom. The van der Waals surface area contributed by atoms with Gasteiger partial charge in [0.15, 0.2) is 0 Å². The van der Waals surface area contributed by atoms with Crippen LogP contribution in [0, 0.1) is 12.3 Å². The largest absolute Gasteiger partial charge is 0.478 e. The Morgan fingerprint density at radius 1 is 1.42 bits per heavy atom. The number of carboxylic acid groups (broad SMARTS) is 1. The Labute approximate surface area is 114 Å². The maximum Gasteiger partial charge on any atom is 0.339 e. The predicted molar refractivity (Wildman–Crippen MR) is 75.8 cm³/mol. The van der Waals surface area contributed by atoms with Gasteiger partial charge in [-0.15, -0.1) is 0 Å². The molecule has 1 saturated heterocycles. The van der Waals surface area contributed by atoms with Gasteiger partial charge in [0, 0.05) is 18.8 Å². The first-order chi connectivity index (χ1) is 8.95. The molecular weight excluding hydrogens is 240 g/mol. The van der Waals surface area contributed by atoms with E-state index in [9.17, 15) is 9.90 Å². The van der Waals surface area contributed by atoms with Crippen molar-refractivity contribution >= 4 is 11.8 Å². The van der Waals surface area contributed by atoms with Crippen LogP contribution in [0.25, 0.3) is 0 Å². The van der Waals surface area contributed by atoms with E-state index in [0.717, 1.165) is 31.6 Å². The zero-order valence-corrected chi connectivity index (χ0v) is 11.9. The number of rotatable bonds is 3. The molecular formula is C15H22N2O2. The van der Waals surface area contributed by atoms with Gasteiger partial charge in [-0.2, -0.15) is 0 Å². The number of aromatic nitrogens is 1. The minimum Gasteiger partial charge on any atom is -0.478 e.